The lowest BCUT2D eigenvalue weighted by atomic mass is 10.0. The first-order valence-electron chi connectivity index (χ1n) is 9.68. The van der Waals surface area contributed by atoms with Gasteiger partial charge < -0.3 is 9.47 Å². The van der Waals surface area contributed by atoms with E-state index in [9.17, 15) is 0 Å². The van der Waals surface area contributed by atoms with Gasteiger partial charge in [-0.25, -0.2) is 0 Å². The summed E-state index contributed by atoms with van der Waals surface area (Å²) in [6, 6.07) is 33.6. The average molecular weight is 387 g/mol. The monoisotopic (exact) mass is 386 g/mol. The van der Waals surface area contributed by atoms with Gasteiger partial charge in [-0.1, -0.05) is 90.5 Å². The molecule has 0 saturated heterocycles. The van der Waals surface area contributed by atoms with Crippen molar-refractivity contribution in [3.8, 4) is 5.75 Å². The van der Waals surface area contributed by atoms with Gasteiger partial charge in [0.25, 0.3) is 0 Å². The third kappa shape index (κ3) is 7.81. The first-order valence-corrected chi connectivity index (χ1v) is 9.68. The molecule has 29 heavy (non-hydrogen) atoms. The fourth-order valence-corrected chi connectivity index (χ4v) is 2.82. The molecule has 0 spiro atoms. The molecule has 4 aromatic carbocycles. The molecule has 0 aliphatic carbocycles. The molecule has 0 aliphatic rings. The van der Waals surface area contributed by atoms with Crippen molar-refractivity contribution < 1.29 is 9.47 Å². The molecule has 0 aliphatic heterocycles. The quantitative estimate of drug-likeness (QED) is 0.390. The van der Waals surface area contributed by atoms with Crippen LogP contribution in [0.2, 0.25) is 0 Å². The molecule has 0 N–H and O–H groups in total. The van der Waals surface area contributed by atoms with Crippen molar-refractivity contribution in [1.82, 2.24) is 0 Å². The highest BCUT2D eigenvalue weighted by Gasteiger charge is 1.97. The molecule has 4 rings (SSSR count). The van der Waals surface area contributed by atoms with E-state index in [0.717, 1.165) is 12.2 Å². The number of ether oxygens (including phenoxy) is 2. The number of methoxy groups -OCH3 is 2. The Morgan fingerprint density at radius 3 is 1.31 bits per heavy atom. The van der Waals surface area contributed by atoms with Gasteiger partial charge in [-0.15, -0.1) is 0 Å². The highest BCUT2D eigenvalue weighted by molar-refractivity contribution is 5.82. The Hall–Kier alpha value is -3.10. The predicted octanol–water partition coefficient (Wildman–Crippen LogP) is 6.70. The first kappa shape index (κ1) is 22.2. The number of hydrogen-bond donors (Lipinski definition) is 0. The third-order valence-corrected chi connectivity index (χ3v) is 4.35. The maximum atomic E-state index is 5.14. The van der Waals surface area contributed by atoms with Gasteiger partial charge in [0.1, 0.15) is 5.75 Å². The van der Waals surface area contributed by atoms with Crippen LogP contribution < -0.4 is 4.74 Å². The van der Waals surface area contributed by atoms with Gasteiger partial charge in [0.2, 0.25) is 0 Å². The van der Waals surface area contributed by atoms with E-state index in [4.69, 9.17) is 4.74 Å². The minimum atomic E-state index is 0.910. The van der Waals surface area contributed by atoms with E-state index in [-0.39, 0.29) is 0 Å². The molecule has 0 radical (unpaired) electrons. The van der Waals surface area contributed by atoms with Crippen molar-refractivity contribution in [2.24, 2.45) is 0 Å². The second kappa shape index (κ2) is 12.4. The Balaban J connectivity index is 0.000000196. The van der Waals surface area contributed by atoms with E-state index in [1.807, 2.05) is 12.1 Å². The second-order valence-corrected chi connectivity index (χ2v) is 6.77. The van der Waals surface area contributed by atoms with E-state index in [1.165, 1.54) is 27.5 Å². The SMILES string of the molecule is COC.COc1ccc(Cc2ccc(C)cc2)cc1.c1ccc2ccccc2c1. The molecule has 0 unspecified atom stereocenters. The molecule has 0 saturated carbocycles. The zero-order valence-corrected chi connectivity index (χ0v) is 17.8. The minimum absolute atomic E-state index is 0.910. The molecular weight excluding hydrogens is 356 g/mol. The first-order chi connectivity index (χ1) is 14.2. The molecule has 0 atom stereocenters. The van der Waals surface area contributed by atoms with Crippen molar-refractivity contribution in [3.05, 3.63) is 114 Å². The number of rotatable bonds is 3. The fourth-order valence-electron chi connectivity index (χ4n) is 2.82. The lowest BCUT2D eigenvalue weighted by Crippen LogP contribution is -1.89. The smallest absolute Gasteiger partial charge is 0.118 e. The summed E-state index contributed by atoms with van der Waals surface area (Å²) in [6.07, 6.45) is 0.976. The maximum Gasteiger partial charge on any atom is 0.118 e. The van der Waals surface area contributed by atoms with E-state index in [2.05, 4.69) is 96.6 Å². The van der Waals surface area contributed by atoms with E-state index in [0.29, 0.717) is 0 Å². The molecule has 0 aromatic heterocycles. The van der Waals surface area contributed by atoms with E-state index < -0.39 is 0 Å². The van der Waals surface area contributed by atoms with Gasteiger partial charge in [0.05, 0.1) is 7.11 Å². The molecular formula is C27H30O2. The molecule has 150 valence electrons. The standard InChI is InChI=1S/C15H16O.C10H8.C2H6O/c1-12-3-5-13(6-4-12)11-14-7-9-15(16-2)10-8-14;1-2-6-10-8-4-3-7-9(10)5-1;1-3-2/h3-10H,11H2,1-2H3;1-8H;1-2H3. The third-order valence-electron chi connectivity index (χ3n) is 4.35. The van der Waals surface area contributed by atoms with Crippen LogP contribution in [0.25, 0.3) is 10.8 Å². The van der Waals surface area contributed by atoms with Crippen molar-refractivity contribution in [2.45, 2.75) is 13.3 Å². The average Bonchev–Trinajstić information content (AvgIpc) is 2.77. The molecule has 0 heterocycles. The van der Waals surface area contributed by atoms with Crippen LogP contribution in [0, 0.1) is 6.92 Å². The summed E-state index contributed by atoms with van der Waals surface area (Å²) in [4.78, 5) is 0. The van der Waals surface area contributed by atoms with E-state index >= 15 is 0 Å². The number of fused-ring (bicyclic) bond motifs is 1. The molecule has 0 amide bonds. The minimum Gasteiger partial charge on any atom is -0.497 e. The number of hydrogen-bond acceptors (Lipinski definition) is 2. The van der Waals surface area contributed by atoms with Crippen LogP contribution >= 0.6 is 0 Å². The Morgan fingerprint density at radius 1 is 0.552 bits per heavy atom. The summed E-state index contributed by atoms with van der Waals surface area (Å²) < 4.78 is 9.39. The fraction of sp³-hybridized carbons (Fsp3) is 0.185. The predicted molar refractivity (Wildman–Crippen MR) is 124 cm³/mol. The Kier molecular flexibility index (Phi) is 9.47. The summed E-state index contributed by atoms with van der Waals surface area (Å²) in [5.41, 5.74) is 3.96. The van der Waals surface area contributed by atoms with Crippen LogP contribution in [0.3, 0.4) is 0 Å². The van der Waals surface area contributed by atoms with Crippen LogP contribution in [0.15, 0.2) is 97.1 Å². The Morgan fingerprint density at radius 2 is 0.931 bits per heavy atom. The van der Waals surface area contributed by atoms with Crippen molar-refractivity contribution in [3.63, 3.8) is 0 Å². The summed E-state index contributed by atoms with van der Waals surface area (Å²) in [5, 5.41) is 2.62. The van der Waals surface area contributed by atoms with Gasteiger partial charge in [-0.2, -0.15) is 0 Å². The summed E-state index contributed by atoms with van der Waals surface area (Å²) in [7, 11) is 4.94. The van der Waals surface area contributed by atoms with Gasteiger partial charge in [-0.3, -0.25) is 0 Å². The number of benzene rings is 4. The summed E-state index contributed by atoms with van der Waals surface area (Å²) in [5.74, 6) is 0.910. The van der Waals surface area contributed by atoms with Crippen LogP contribution in [-0.2, 0) is 11.2 Å². The zero-order chi connectivity index (χ0) is 20.9. The van der Waals surface area contributed by atoms with Crippen LogP contribution in [-0.4, -0.2) is 21.3 Å². The normalized spacial score (nSPS) is 9.66. The number of aryl methyl sites for hydroxylation is 1. The maximum absolute atomic E-state index is 5.14. The van der Waals surface area contributed by atoms with Gasteiger partial charge >= 0.3 is 0 Å². The lowest BCUT2D eigenvalue weighted by molar-refractivity contribution is 0.277. The van der Waals surface area contributed by atoms with Crippen molar-refractivity contribution >= 4 is 10.8 Å². The van der Waals surface area contributed by atoms with Crippen LogP contribution in [0.1, 0.15) is 16.7 Å². The zero-order valence-electron chi connectivity index (χ0n) is 17.8. The molecule has 2 nitrogen and oxygen atoms in total. The van der Waals surface area contributed by atoms with E-state index in [1.54, 1.807) is 21.3 Å². The second-order valence-electron chi connectivity index (χ2n) is 6.77. The van der Waals surface area contributed by atoms with Crippen LogP contribution in [0.5, 0.6) is 5.75 Å². The molecule has 0 fully saturated rings. The summed E-state index contributed by atoms with van der Waals surface area (Å²) in [6.45, 7) is 2.11. The highest BCUT2D eigenvalue weighted by Crippen LogP contribution is 2.15. The topological polar surface area (TPSA) is 18.5 Å². The highest BCUT2D eigenvalue weighted by atomic mass is 16.5. The van der Waals surface area contributed by atoms with Gasteiger partial charge in [0.15, 0.2) is 0 Å². The van der Waals surface area contributed by atoms with Crippen molar-refractivity contribution in [1.29, 1.82) is 0 Å². The Bertz CT molecular complexity index is 892. The lowest BCUT2D eigenvalue weighted by Gasteiger charge is -2.04. The van der Waals surface area contributed by atoms with Crippen LogP contribution in [0.4, 0.5) is 0 Å². The largest absolute Gasteiger partial charge is 0.497 e. The van der Waals surface area contributed by atoms with Gasteiger partial charge in [-0.05, 0) is 47.4 Å². The van der Waals surface area contributed by atoms with Crippen molar-refractivity contribution in [2.75, 3.05) is 21.3 Å². The molecule has 2 heteroatoms. The van der Waals surface area contributed by atoms with Gasteiger partial charge in [0, 0.05) is 14.2 Å². The molecule has 4 aromatic rings. The Labute approximate surface area is 174 Å². The summed E-state index contributed by atoms with van der Waals surface area (Å²) >= 11 is 0. The molecule has 0 bridgehead atoms.